The molecule has 1 spiro atoms. The van der Waals surface area contributed by atoms with Gasteiger partial charge in [0.15, 0.2) is 17.3 Å². The first-order valence-corrected chi connectivity index (χ1v) is 8.50. The zero-order valence-corrected chi connectivity index (χ0v) is 14.7. The fourth-order valence-electron chi connectivity index (χ4n) is 3.55. The Balaban J connectivity index is 1.58. The summed E-state index contributed by atoms with van der Waals surface area (Å²) in [5.74, 6) is 1.69. The molecule has 6 nitrogen and oxygen atoms in total. The molecular weight excluding hydrogens is 310 g/mol. The first kappa shape index (κ1) is 17.3. The fraction of sp³-hybridized carbons (Fsp3) is 0.667. The number of hydrogen-bond acceptors (Lipinski definition) is 6. The van der Waals surface area contributed by atoms with Gasteiger partial charge in [-0.25, -0.2) is 0 Å². The van der Waals surface area contributed by atoms with Gasteiger partial charge in [-0.15, -0.1) is 0 Å². The molecule has 6 heteroatoms. The molecule has 1 aromatic carbocycles. The average molecular weight is 337 g/mol. The predicted octanol–water partition coefficient (Wildman–Crippen LogP) is 2.49. The van der Waals surface area contributed by atoms with Crippen LogP contribution in [0.5, 0.6) is 17.2 Å². The minimum absolute atomic E-state index is 0.301. The summed E-state index contributed by atoms with van der Waals surface area (Å²) in [6.07, 6.45) is 4.04. The van der Waals surface area contributed by atoms with Crippen molar-refractivity contribution in [3.63, 3.8) is 0 Å². The number of rotatable bonds is 6. The van der Waals surface area contributed by atoms with E-state index in [1.807, 2.05) is 12.1 Å². The Morgan fingerprint density at radius 3 is 2.08 bits per heavy atom. The van der Waals surface area contributed by atoms with E-state index in [1.165, 1.54) is 0 Å². The molecule has 1 N–H and O–H groups in total. The quantitative estimate of drug-likeness (QED) is 0.861. The molecule has 0 aromatic heterocycles. The van der Waals surface area contributed by atoms with E-state index in [4.69, 9.17) is 23.7 Å². The predicted molar refractivity (Wildman–Crippen MR) is 89.8 cm³/mol. The van der Waals surface area contributed by atoms with Crippen molar-refractivity contribution in [1.29, 1.82) is 0 Å². The monoisotopic (exact) mass is 337 g/mol. The van der Waals surface area contributed by atoms with Crippen molar-refractivity contribution in [2.24, 2.45) is 0 Å². The minimum Gasteiger partial charge on any atom is -0.493 e. The van der Waals surface area contributed by atoms with Crippen molar-refractivity contribution in [3.05, 3.63) is 17.7 Å². The molecule has 1 aliphatic heterocycles. The van der Waals surface area contributed by atoms with Gasteiger partial charge in [0.25, 0.3) is 0 Å². The highest BCUT2D eigenvalue weighted by Crippen LogP contribution is 2.39. The Labute approximate surface area is 143 Å². The lowest BCUT2D eigenvalue weighted by Gasteiger charge is -2.35. The van der Waals surface area contributed by atoms with Gasteiger partial charge in [0.2, 0.25) is 5.75 Å². The van der Waals surface area contributed by atoms with E-state index in [2.05, 4.69) is 5.32 Å². The molecule has 0 unspecified atom stereocenters. The summed E-state index contributed by atoms with van der Waals surface area (Å²) >= 11 is 0. The number of hydrogen-bond donors (Lipinski definition) is 1. The third-order valence-electron chi connectivity index (χ3n) is 4.88. The van der Waals surface area contributed by atoms with Gasteiger partial charge in [-0.2, -0.15) is 0 Å². The van der Waals surface area contributed by atoms with Gasteiger partial charge >= 0.3 is 0 Å². The molecular formula is C18H27NO5. The Morgan fingerprint density at radius 1 is 1.00 bits per heavy atom. The molecule has 0 bridgehead atoms. The van der Waals surface area contributed by atoms with E-state index >= 15 is 0 Å². The van der Waals surface area contributed by atoms with Crippen LogP contribution in [-0.4, -0.2) is 46.4 Å². The Hall–Kier alpha value is -1.50. The summed E-state index contributed by atoms with van der Waals surface area (Å²) in [5, 5.41) is 3.62. The van der Waals surface area contributed by atoms with Crippen LogP contribution in [0.15, 0.2) is 12.1 Å². The summed E-state index contributed by atoms with van der Waals surface area (Å²) in [4.78, 5) is 0. The minimum atomic E-state index is -0.301. The number of ether oxygens (including phenoxy) is 5. The molecule has 1 aromatic rings. The highest BCUT2D eigenvalue weighted by molar-refractivity contribution is 5.53. The van der Waals surface area contributed by atoms with Gasteiger partial charge in [-0.05, 0) is 30.5 Å². The summed E-state index contributed by atoms with van der Waals surface area (Å²) in [6, 6.07) is 4.45. The highest BCUT2D eigenvalue weighted by atomic mass is 16.7. The third kappa shape index (κ3) is 3.61. The lowest BCUT2D eigenvalue weighted by Crippen LogP contribution is -2.41. The number of nitrogens with one attached hydrogen (secondary N) is 1. The van der Waals surface area contributed by atoms with E-state index in [1.54, 1.807) is 21.3 Å². The molecule has 2 fully saturated rings. The van der Waals surface area contributed by atoms with Crippen LogP contribution in [0.1, 0.15) is 31.2 Å². The molecule has 1 aliphatic carbocycles. The molecule has 134 valence electrons. The van der Waals surface area contributed by atoms with Crippen LogP contribution in [0.4, 0.5) is 0 Å². The van der Waals surface area contributed by atoms with Crippen molar-refractivity contribution < 1.29 is 23.7 Å². The standard InChI is InChI=1S/C18H27NO5/c1-20-15-10-13(11-16(21-2)17(15)22-3)12-19-14-4-6-18(7-5-14)23-8-9-24-18/h10-11,14,19H,4-9,12H2,1-3H3. The second kappa shape index (κ2) is 7.59. The molecule has 1 saturated heterocycles. The lowest BCUT2D eigenvalue weighted by atomic mass is 9.90. The van der Waals surface area contributed by atoms with Crippen LogP contribution in [0.3, 0.4) is 0 Å². The smallest absolute Gasteiger partial charge is 0.203 e. The van der Waals surface area contributed by atoms with Gasteiger partial charge in [-0.1, -0.05) is 0 Å². The third-order valence-corrected chi connectivity index (χ3v) is 4.88. The van der Waals surface area contributed by atoms with Crippen LogP contribution in [0.25, 0.3) is 0 Å². The summed E-state index contributed by atoms with van der Waals surface area (Å²) < 4.78 is 27.7. The van der Waals surface area contributed by atoms with Crippen LogP contribution in [0.2, 0.25) is 0 Å². The summed E-state index contributed by atoms with van der Waals surface area (Å²) in [7, 11) is 4.89. The Morgan fingerprint density at radius 2 is 1.58 bits per heavy atom. The van der Waals surface area contributed by atoms with Gasteiger partial charge in [0.1, 0.15) is 0 Å². The van der Waals surface area contributed by atoms with E-state index in [9.17, 15) is 0 Å². The molecule has 1 saturated carbocycles. The second-order valence-electron chi connectivity index (χ2n) is 6.30. The van der Waals surface area contributed by atoms with Gasteiger partial charge in [0.05, 0.1) is 34.5 Å². The summed E-state index contributed by atoms with van der Waals surface area (Å²) in [6.45, 7) is 2.21. The van der Waals surface area contributed by atoms with Crippen LogP contribution < -0.4 is 19.5 Å². The molecule has 1 heterocycles. The Kier molecular flexibility index (Phi) is 5.48. The Bertz CT molecular complexity index is 521. The highest BCUT2D eigenvalue weighted by Gasteiger charge is 2.40. The largest absolute Gasteiger partial charge is 0.493 e. The zero-order valence-electron chi connectivity index (χ0n) is 14.7. The van der Waals surface area contributed by atoms with E-state index in [-0.39, 0.29) is 5.79 Å². The van der Waals surface area contributed by atoms with Crippen molar-refractivity contribution >= 4 is 0 Å². The van der Waals surface area contributed by atoms with Crippen LogP contribution >= 0.6 is 0 Å². The maximum absolute atomic E-state index is 5.78. The fourth-order valence-corrected chi connectivity index (χ4v) is 3.55. The normalized spacial score (nSPS) is 20.3. The first-order valence-electron chi connectivity index (χ1n) is 8.50. The zero-order chi connectivity index (χ0) is 17.0. The maximum Gasteiger partial charge on any atom is 0.203 e. The molecule has 2 aliphatic rings. The average Bonchev–Trinajstić information content (AvgIpc) is 3.08. The second-order valence-corrected chi connectivity index (χ2v) is 6.30. The molecule has 24 heavy (non-hydrogen) atoms. The van der Waals surface area contributed by atoms with Crippen molar-refractivity contribution in [2.75, 3.05) is 34.5 Å². The number of methoxy groups -OCH3 is 3. The van der Waals surface area contributed by atoms with Gasteiger partial charge in [-0.3, -0.25) is 0 Å². The lowest BCUT2D eigenvalue weighted by molar-refractivity contribution is -0.179. The van der Waals surface area contributed by atoms with Crippen molar-refractivity contribution in [2.45, 2.75) is 44.1 Å². The topological polar surface area (TPSA) is 58.2 Å². The summed E-state index contributed by atoms with van der Waals surface area (Å²) in [5.41, 5.74) is 1.11. The maximum atomic E-state index is 5.78. The van der Waals surface area contributed by atoms with Gasteiger partial charge < -0.3 is 29.0 Å². The SMILES string of the molecule is COc1cc(CNC2CCC3(CC2)OCCO3)cc(OC)c1OC. The first-order chi connectivity index (χ1) is 11.7. The van der Waals surface area contributed by atoms with Crippen molar-refractivity contribution in [3.8, 4) is 17.2 Å². The van der Waals surface area contributed by atoms with Crippen LogP contribution in [0, 0.1) is 0 Å². The van der Waals surface area contributed by atoms with E-state index in [0.29, 0.717) is 23.3 Å². The number of benzene rings is 1. The van der Waals surface area contributed by atoms with Crippen molar-refractivity contribution in [1.82, 2.24) is 5.32 Å². The molecule has 3 rings (SSSR count). The molecule has 0 atom stereocenters. The molecule has 0 amide bonds. The molecule has 0 radical (unpaired) electrons. The van der Waals surface area contributed by atoms with E-state index < -0.39 is 0 Å². The van der Waals surface area contributed by atoms with Gasteiger partial charge in [0, 0.05) is 25.4 Å². The van der Waals surface area contributed by atoms with E-state index in [0.717, 1.165) is 51.0 Å². The van der Waals surface area contributed by atoms with Crippen LogP contribution in [-0.2, 0) is 16.0 Å².